The van der Waals surface area contributed by atoms with Crippen LogP contribution in [-0.4, -0.2) is 34.9 Å². The van der Waals surface area contributed by atoms with E-state index in [4.69, 9.17) is 0 Å². The van der Waals surface area contributed by atoms with Gasteiger partial charge in [-0.2, -0.15) is 0 Å². The third kappa shape index (κ3) is 20.8. The van der Waals surface area contributed by atoms with Gasteiger partial charge >= 0.3 is 0 Å². The lowest BCUT2D eigenvalue weighted by atomic mass is 10.0. The minimum Gasteiger partial charge on any atom is -0.394 e. The van der Waals surface area contributed by atoms with Crippen LogP contribution in [0.4, 0.5) is 0 Å². The molecule has 0 bridgehead atoms. The van der Waals surface area contributed by atoms with Crippen LogP contribution in [-0.2, 0) is 4.79 Å². The Labute approximate surface area is 193 Å². The summed E-state index contributed by atoms with van der Waals surface area (Å²) in [7, 11) is 0. The predicted octanol–water partition coefficient (Wildman–Crippen LogP) is 6.83. The Morgan fingerprint density at radius 1 is 0.742 bits per heavy atom. The van der Waals surface area contributed by atoms with Gasteiger partial charge in [0.2, 0.25) is 5.91 Å². The van der Waals surface area contributed by atoms with E-state index >= 15 is 0 Å². The number of hydrogen-bond donors (Lipinski definition) is 3. The van der Waals surface area contributed by atoms with Crippen molar-refractivity contribution in [3.8, 4) is 0 Å². The van der Waals surface area contributed by atoms with Crippen LogP contribution in [0, 0.1) is 0 Å². The molecule has 184 valence electrons. The van der Waals surface area contributed by atoms with E-state index in [1.165, 1.54) is 77.0 Å². The smallest absolute Gasteiger partial charge is 0.220 e. The molecule has 0 aromatic carbocycles. The van der Waals surface area contributed by atoms with Gasteiger partial charge in [0.1, 0.15) is 0 Å². The zero-order chi connectivity index (χ0) is 23.0. The van der Waals surface area contributed by atoms with Crippen LogP contribution in [0.2, 0.25) is 0 Å². The van der Waals surface area contributed by atoms with E-state index in [9.17, 15) is 15.0 Å². The standard InChI is InChI=1S/C27H53NO3/c1-3-5-7-9-11-13-15-16-18-20-22-26(30)25(24-29)28-27(31)23-21-19-17-14-12-10-8-6-4-2/h13,15,25-26,29-30H,3-12,14,16-24H2,1-2H3,(H,28,31)/b15-13+/t25-,26+/m0/s1. The predicted molar refractivity (Wildman–Crippen MR) is 133 cm³/mol. The molecule has 0 aliphatic heterocycles. The molecule has 31 heavy (non-hydrogen) atoms. The summed E-state index contributed by atoms with van der Waals surface area (Å²) >= 11 is 0. The number of rotatable bonds is 23. The highest BCUT2D eigenvalue weighted by Gasteiger charge is 2.19. The zero-order valence-electron chi connectivity index (χ0n) is 20.8. The Hall–Kier alpha value is -0.870. The average molecular weight is 440 g/mol. The molecule has 1 amide bonds. The molecule has 0 aliphatic carbocycles. The molecule has 0 aromatic heterocycles. The van der Waals surface area contributed by atoms with Crippen molar-refractivity contribution in [2.75, 3.05) is 6.61 Å². The Bertz CT molecular complexity index is 411. The lowest BCUT2D eigenvalue weighted by molar-refractivity contribution is -0.123. The molecule has 0 unspecified atom stereocenters. The van der Waals surface area contributed by atoms with Gasteiger partial charge in [-0.3, -0.25) is 4.79 Å². The molecule has 0 heterocycles. The van der Waals surface area contributed by atoms with Crippen molar-refractivity contribution in [3.05, 3.63) is 12.2 Å². The van der Waals surface area contributed by atoms with E-state index in [1.54, 1.807) is 0 Å². The average Bonchev–Trinajstić information content (AvgIpc) is 2.77. The van der Waals surface area contributed by atoms with Crippen molar-refractivity contribution in [3.63, 3.8) is 0 Å². The first-order valence-corrected chi connectivity index (χ1v) is 13.4. The van der Waals surface area contributed by atoms with Crippen LogP contribution < -0.4 is 5.32 Å². The van der Waals surface area contributed by atoms with Crippen molar-refractivity contribution in [2.45, 2.75) is 148 Å². The number of allylic oxidation sites excluding steroid dienone is 2. The van der Waals surface area contributed by atoms with E-state index in [2.05, 4.69) is 31.3 Å². The lowest BCUT2D eigenvalue weighted by Gasteiger charge is -2.22. The van der Waals surface area contributed by atoms with E-state index < -0.39 is 12.1 Å². The number of hydrogen-bond acceptors (Lipinski definition) is 3. The first-order chi connectivity index (χ1) is 15.2. The molecule has 0 spiro atoms. The summed E-state index contributed by atoms with van der Waals surface area (Å²) in [4.78, 5) is 12.1. The number of aliphatic hydroxyl groups is 2. The summed E-state index contributed by atoms with van der Waals surface area (Å²) in [5.74, 6) is -0.0490. The molecule has 0 saturated carbocycles. The third-order valence-electron chi connectivity index (χ3n) is 6.03. The Morgan fingerprint density at radius 3 is 1.77 bits per heavy atom. The highest BCUT2D eigenvalue weighted by atomic mass is 16.3. The lowest BCUT2D eigenvalue weighted by Crippen LogP contribution is -2.45. The molecular formula is C27H53NO3. The summed E-state index contributed by atoms with van der Waals surface area (Å²) in [6, 6.07) is -0.542. The number of amides is 1. The first kappa shape index (κ1) is 30.1. The van der Waals surface area contributed by atoms with Gasteiger partial charge in [0.15, 0.2) is 0 Å². The summed E-state index contributed by atoms with van der Waals surface area (Å²) in [6.07, 6.45) is 25.3. The van der Waals surface area contributed by atoms with Crippen molar-refractivity contribution >= 4 is 5.91 Å². The van der Waals surface area contributed by atoms with Crippen LogP contribution in [0.1, 0.15) is 136 Å². The van der Waals surface area contributed by atoms with Crippen molar-refractivity contribution in [1.82, 2.24) is 5.32 Å². The van der Waals surface area contributed by atoms with Crippen molar-refractivity contribution in [1.29, 1.82) is 0 Å². The van der Waals surface area contributed by atoms with Gasteiger partial charge in [-0.05, 0) is 38.5 Å². The highest BCUT2D eigenvalue weighted by Crippen LogP contribution is 2.12. The van der Waals surface area contributed by atoms with Crippen molar-refractivity contribution in [2.24, 2.45) is 0 Å². The zero-order valence-corrected chi connectivity index (χ0v) is 20.8. The number of nitrogens with one attached hydrogen (secondary N) is 1. The maximum absolute atomic E-state index is 12.1. The monoisotopic (exact) mass is 439 g/mol. The second-order valence-electron chi connectivity index (χ2n) is 9.11. The van der Waals surface area contributed by atoms with Gasteiger partial charge in [-0.1, -0.05) is 103 Å². The van der Waals surface area contributed by atoms with Crippen LogP contribution in [0.3, 0.4) is 0 Å². The molecular weight excluding hydrogens is 386 g/mol. The highest BCUT2D eigenvalue weighted by molar-refractivity contribution is 5.76. The third-order valence-corrected chi connectivity index (χ3v) is 6.03. The summed E-state index contributed by atoms with van der Waals surface area (Å²) in [5, 5.41) is 22.7. The maximum Gasteiger partial charge on any atom is 0.220 e. The van der Waals surface area contributed by atoms with Crippen LogP contribution in [0.5, 0.6) is 0 Å². The summed E-state index contributed by atoms with van der Waals surface area (Å²) in [6.45, 7) is 4.26. The first-order valence-electron chi connectivity index (χ1n) is 13.4. The number of carbonyl (C=O) groups excluding carboxylic acids is 1. The SMILES string of the molecule is CCCCCC/C=C/CCCC[C@@H](O)[C@H](CO)NC(=O)CCCCCCCCCCC. The van der Waals surface area contributed by atoms with E-state index in [1.807, 2.05) is 0 Å². The van der Waals surface area contributed by atoms with E-state index in [0.29, 0.717) is 12.8 Å². The Balaban J connectivity index is 3.70. The van der Waals surface area contributed by atoms with E-state index in [0.717, 1.165) is 32.1 Å². The second kappa shape index (κ2) is 23.8. The van der Waals surface area contributed by atoms with E-state index in [-0.39, 0.29) is 12.5 Å². The van der Waals surface area contributed by atoms with Gasteiger partial charge in [0, 0.05) is 6.42 Å². The normalized spacial score (nSPS) is 13.5. The summed E-state index contributed by atoms with van der Waals surface area (Å²) in [5.41, 5.74) is 0. The minimum atomic E-state index is -0.671. The fourth-order valence-electron chi connectivity index (χ4n) is 3.88. The van der Waals surface area contributed by atoms with Gasteiger partial charge in [-0.25, -0.2) is 0 Å². The molecule has 2 atom stereocenters. The molecule has 3 N–H and O–H groups in total. The molecule has 0 fully saturated rings. The largest absolute Gasteiger partial charge is 0.394 e. The quantitative estimate of drug-likeness (QED) is 0.121. The maximum atomic E-state index is 12.1. The second-order valence-corrected chi connectivity index (χ2v) is 9.11. The van der Waals surface area contributed by atoms with Gasteiger partial charge in [0.05, 0.1) is 18.8 Å². The molecule has 0 saturated heterocycles. The molecule has 4 nitrogen and oxygen atoms in total. The molecule has 0 rings (SSSR count). The van der Waals surface area contributed by atoms with Crippen LogP contribution in [0.15, 0.2) is 12.2 Å². The Morgan fingerprint density at radius 2 is 1.23 bits per heavy atom. The van der Waals surface area contributed by atoms with Crippen LogP contribution in [0.25, 0.3) is 0 Å². The van der Waals surface area contributed by atoms with Gasteiger partial charge in [-0.15, -0.1) is 0 Å². The summed E-state index contributed by atoms with van der Waals surface area (Å²) < 4.78 is 0. The molecule has 0 radical (unpaired) electrons. The van der Waals surface area contributed by atoms with Gasteiger partial charge < -0.3 is 15.5 Å². The number of unbranched alkanes of at least 4 members (excludes halogenated alkanes) is 14. The van der Waals surface area contributed by atoms with Crippen molar-refractivity contribution < 1.29 is 15.0 Å². The fraction of sp³-hybridized carbons (Fsp3) is 0.889. The van der Waals surface area contributed by atoms with Gasteiger partial charge in [0.25, 0.3) is 0 Å². The number of aliphatic hydroxyl groups excluding tert-OH is 2. The minimum absolute atomic E-state index is 0.0490. The Kier molecular flexibility index (Phi) is 23.1. The molecule has 4 heteroatoms. The topological polar surface area (TPSA) is 69.6 Å². The van der Waals surface area contributed by atoms with Crippen LogP contribution >= 0.6 is 0 Å². The molecule has 0 aliphatic rings. The number of carbonyl (C=O) groups is 1. The molecule has 0 aromatic rings. The fourth-order valence-corrected chi connectivity index (χ4v) is 3.88.